The zero-order valence-electron chi connectivity index (χ0n) is 13.3. The van der Waals surface area contributed by atoms with Crippen LogP contribution in [0.2, 0.25) is 0 Å². The number of nitrogens with two attached hydrogens (primary N) is 1. The normalized spacial score (nSPS) is 15.3. The maximum atomic E-state index is 12.8. The first kappa shape index (κ1) is 23.3. The summed E-state index contributed by atoms with van der Waals surface area (Å²) in [6, 6.07) is 1.30. The van der Waals surface area contributed by atoms with Crippen LogP contribution in [0.3, 0.4) is 0 Å². The van der Waals surface area contributed by atoms with E-state index in [-0.39, 0.29) is 11.5 Å². The van der Waals surface area contributed by atoms with Crippen LogP contribution in [0.25, 0.3) is 5.70 Å². The van der Waals surface area contributed by atoms with Crippen molar-refractivity contribution in [1.82, 2.24) is 9.78 Å². The van der Waals surface area contributed by atoms with E-state index in [2.05, 4.69) is 5.10 Å². The van der Waals surface area contributed by atoms with Crippen LogP contribution in [-0.2, 0) is 10.8 Å². The molecule has 1 aromatic rings. The van der Waals surface area contributed by atoms with Gasteiger partial charge in [-0.3, -0.25) is 0 Å². The summed E-state index contributed by atoms with van der Waals surface area (Å²) in [4.78, 5) is -1.14. The van der Waals surface area contributed by atoms with Crippen LogP contribution in [0.15, 0.2) is 21.0 Å². The summed E-state index contributed by atoms with van der Waals surface area (Å²) in [6.45, 7) is 1.48. The molecule has 0 fully saturated rings. The van der Waals surface area contributed by atoms with Gasteiger partial charge in [0.15, 0.2) is 16.5 Å². The van der Waals surface area contributed by atoms with Gasteiger partial charge in [-0.2, -0.15) is 36.7 Å². The molecule has 0 saturated heterocycles. The molecule has 14 heteroatoms. The van der Waals surface area contributed by atoms with Crippen LogP contribution < -0.4 is 5.73 Å². The predicted molar refractivity (Wildman–Crippen MR) is 87.8 cm³/mol. The Kier molecular flexibility index (Phi) is 7.37. The molecular formula is C13H10Cl2F6N4OS. The third kappa shape index (κ3) is 5.63. The number of nitriles is 1. The molecule has 150 valence electrons. The van der Waals surface area contributed by atoms with Crippen LogP contribution >= 0.6 is 23.2 Å². The lowest BCUT2D eigenvalue weighted by atomic mass is 10.2. The second kappa shape index (κ2) is 8.53. The number of aromatic nitrogens is 2. The van der Waals surface area contributed by atoms with Crippen molar-refractivity contribution in [3.8, 4) is 6.07 Å². The Morgan fingerprint density at radius 1 is 1.33 bits per heavy atom. The van der Waals surface area contributed by atoms with Crippen molar-refractivity contribution in [3.05, 3.63) is 21.8 Å². The lowest BCUT2D eigenvalue weighted by Gasteiger charge is -2.12. The van der Waals surface area contributed by atoms with Gasteiger partial charge in [0, 0.05) is 5.03 Å². The van der Waals surface area contributed by atoms with Gasteiger partial charge in [-0.15, -0.1) is 0 Å². The molecule has 0 amide bonds. The summed E-state index contributed by atoms with van der Waals surface area (Å²) < 4.78 is 87.6. The fourth-order valence-electron chi connectivity index (χ4n) is 1.77. The molecule has 1 aromatic heterocycles. The third-order valence-electron chi connectivity index (χ3n) is 2.90. The Morgan fingerprint density at radius 2 is 1.89 bits per heavy atom. The molecule has 0 aliphatic carbocycles. The molecule has 0 saturated carbocycles. The topological polar surface area (TPSA) is 84.7 Å². The molecule has 0 spiro atoms. The monoisotopic (exact) mass is 454 g/mol. The van der Waals surface area contributed by atoms with Crippen LogP contribution in [0.5, 0.6) is 0 Å². The maximum absolute atomic E-state index is 12.8. The summed E-state index contributed by atoms with van der Waals surface area (Å²) in [5.41, 5.74) is -1.09. The summed E-state index contributed by atoms with van der Waals surface area (Å²) in [7, 11) is -3.70. The van der Waals surface area contributed by atoms with Gasteiger partial charge >= 0.3 is 11.7 Å². The number of hydrogen-bond acceptors (Lipinski definition) is 4. The first-order valence-electron chi connectivity index (χ1n) is 6.83. The second-order valence-corrected chi connectivity index (χ2v) is 7.05. The molecule has 5 nitrogen and oxygen atoms in total. The highest BCUT2D eigenvalue weighted by Gasteiger charge is 2.42. The quantitative estimate of drug-likeness (QED) is 0.508. The third-order valence-corrected chi connectivity index (χ3v) is 4.87. The van der Waals surface area contributed by atoms with E-state index in [0.29, 0.717) is 10.8 Å². The van der Waals surface area contributed by atoms with Gasteiger partial charge in [0.05, 0.1) is 17.2 Å². The lowest BCUT2D eigenvalue weighted by molar-refractivity contribution is -0.125. The minimum atomic E-state index is -5.25. The number of nitrogens with zero attached hydrogens (tertiary/aromatic N) is 3. The van der Waals surface area contributed by atoms with Gasteiger partial charge < -0.3 is 5.73 Å². The highest BCUT2D eigenvalue weighted by atomic mass is 35.5. The minimum absolute atomic E-state index is 0.00580. The minimum Gasteiger partial charge on any atom is -0.383 e. The molecule has 1 heterocycles. The number of nitrogen functional groups attached to an aromatic ring is 1. The Morgan fingerprint density at radius 3 is 2.30 bits per heavy atom. The summed E-state index contributed by atoms with van der Waals surface area (Å²) in [6.07, 6.45) is -5.55. The van der Waals surface area contributed by atoms with E-state index < -0.39 is 56.0 Å². The number of anilines is 1. The van der Waals surface area contributed by atoms with Gasteiger partial charge in [0.1, 0.15) is 16.8 Å². The number of allylic oxidation sites excluding steroid dienone is 4. The van der Waals surface area contributed by atoms with Gasteiger partial charge in [-0.1, -0.05) is 36.2 Å². The van der Waals surface area contributed by atoms with Crippen molar-refractivity contribution >= 4 is 45.5 Å². The molecule has 0 bridgehead atoms. The van der Waals surface area contributed by atoms with Crippen LogP contribution in [0.4, 0.5) is 32.2 Å². The van der Waals surface area contributed by atoms with Gasteiger partial charge in [-0.25, -0.2) is 8.89 Å². The Labute approximate surface area is 161 Å². The number of halogens is 8. The van der Waals surface area contributed by atoms with Crippen molar-refractivity contribution in [2.45, 2.75) is 36.3 Å². The highest BCUT2D eigenvalue weighted by Crippen LogP contribution is 2.37. The average Bonchev–Trinajstić information content (AvgIpc) is 2.87. The zero-order valence-corrected chi connectivity index (χ0v) is 15.6. The van der Waals surface area contributed by atoms with Crippen LogP contribution in [0, 0.1) is 11.3 Å². The van der Waals surface area contributed by atoms with E-state index in [9.17, 15) is 30.6 Å². The van der Waals surface area contributed by atoms with E-state index >= 15 is 0 Å². The molecule has 27 heavy (non-hydrogen) atoms. The second-order valence-electron chi connectivity index (χ2n) is 4.78. The number of hydrogen-bond donors (Lipinski definition) is 1. The Bertz CT molecular complexity index is 851. The summed E-state index contributed by atoms with van der Waals surface area (Å²) in [5.74, 6) is -0.887. The molecule has 1 unspecified atom stereocenters. The van der Waals surface area contributed by atoms with E-state index in [1.165, 1.54) is 13.0 Å². The molecule has 0 radical (unpaired) electrons. The van der Waals surface area contributed by atoms with Crippen molar-refractivity contribution in [3.63, 3.8) is 0 Å². The van der Waals surface area contributed by atoms with Gasteiger partial charge in [0.25, 0.3) is 0 Å². The van der Waals surface area contributed by atoms with E-state index in [1.54, 1.807) is 0 Å². The zero-order chi connectivity index (χ0) is 21.2. The molecule has 1 rings (SSSR count). The van der Waals surface area contributed by atoms with Crippen LogP contribution in [0.1, 0.15) is 25.5 Å². The predicted octanol–water partition coefficient (Wildman–Crippen LogP) is 4.86. The maximum Gasteiger partial charge on any atom is 0.476 e. The fraction of sp³-hybridized carbons (Fsp3) is 0.385. The number of alkyl halides is 6. The first-order valence-corrected chi connectivity index (χ1v) is 8.74. The van der Waals surface area contributed by atoms with Gasteiger partial charge in [-0.05, 0) is 6.42 Å². The first-order chi connectivity index (χ1) is 12.2. The largest absolute Gasteiger partial charge is 0.476 e. The number of rotatable bonds is 5. The molecular weight excluding hydrogens is 445 g/mol. The van der Waals surface area contributed by atoms with Gasteiger partial charge in [0.2, 0.25) is 0 Å². The molecule has 1 atom stereocenters. The van der Waals surface area contributed by atoms with E-state index in [0.717, 1.165) is 0 Å². The standard InChI is InChI=1S/C13H10Cl2F6N4OS/c1-2-6(14)9(7(15)3-4-12(16,17)18)25-11(23)10(8(5-22)24-25)27(26)13(19,20)21/h3H,2,4,23H2,1H3/b7-3+,9-6-. The van der Waals surface area contributed by atoms with E-state index in [1.807, 2.05) is 0 Å². The van der Waals surface area contributed by atoms with Crippen LogP contribution in [-0.4, -0.2) is 25.7 Å². The van der Waals surface area contributed by atoms with Crippen molar-refractivity contribution < 1.29 is 30.6 Å². The van der Waals surface area contributed by atoms with E-state index in [4.69, 9.17) is 34.2 Å². The molecule has 0 aliphatic heterocycles. The van der Waals surface area contributed by atoms with Crippen molar-refractivity contribution in [2.24, 2.45) is 0 Å². The molecule has 0 aromatic carbocycles. The Balaban J connectivity index is 3.67. The smallest absolute Gasteiger partial charge is 0.383 e. The average molecular weight is 455 g/mol. The summed E-state index contributed by atoms with van der Waals surface area (Å²) >= 11 is 11.8. The highest BCUT2D eigenvalue weighted by molar-refractivity contribution is 7.86. The Hall–Kier alpha value is -1.71. The van der Waals surface area contributed by atoms with Crippen molar-refractivity contribution in [1.29, 1.82) is 5.26 Å². The molecule has 0 aliphatic rings. The van der Waals surface area contributed by atoms with Crippen molar-refractivity contribution in [2.75, 3.05) is 5.73 Å². The molecule has 2 N–H and O–H groups in total. The lowest BCUT2D eigenvalue weighted by Crippen LogP contribution is -2.18. The summed E-state index contributed by atoms with van der Waals surface area (Å²) in [5, 5.41) is 11.7. The SMILES string of the molecule is CC/C(Cl)=C(\C(Cl)=C/CC(F)(F)F)n1nc(C#N)c(S(=O)C(F)(F)F)c1N. The fourth-order valence-corrected chi connectivity index (χ4v) is 3.05.